The smallest absolute Gasteiger partial charge is 0.295 e. The molecule has 0 amide bonds. The second-order valence-corrected chi connectivity index (χ2v) is 21.5. The Labute approximate surface area is 417 Å². The van der Waals surface area contributed by atoms with Crippen LogP contribution in [0.3, 0.4) is 0 Å². The van der Waals surface area contributed by atoms with Crippen LogP contribution in [0.15, 0.2) is 83.8 Å². The van der Waals surface area contributed by atoms with E-state index in [1.807, 2.05) is 41.5 Å². The Balaban J connectivity index is 0.000000159. The maximum atomic E-state index is 12.5. The lowest BCUT2D eigenvalue weighted by Gasteiger charge is -2.09. The second-order valence-electron chi connectivity index (χ2n) is 16.0. The van der Waals surface area contributed by atoms with Crippen LogP contribution in [0, 0.1) is 41.5 Å². The number of nitrogens with one attached hydrogen (secondary N) is 1. The molecule has 0 atom stereocenters. The average molecular weight is 1050 g/mol. The van der Waals surface area contributed by atoms with Gasteiger partial charge in [-0.2, -0.15) is 8.42 Å². The van der Waals surface area contributed by atoms with Crippen LogP contribution in [0.4, 0.5) is 0 Å². The van der Waals surface area contributed by atoms with Gasteiger partial charge < -0.3 is 0 Å². The topological polar surface area (TPSA) is 264 Å². The summed E-state index contributed by atoms with van der Waals surface area (Å²) in [6, 6.07) is 10.3. The summed E-state index contributed by atoms with van der Waals surface area (Å²) in [5, 5.41) is 2.98. The highest BCUT2D eigenvalue weighted by Gasteiger charge is 2.15. The van der Waals surface area contributed by atoms with Crippen molar-refractivity contribution in [3.63, 3.8) is 0 Å². The summed E-state index contributed by atoms with van der Waals surface area (Å²) in [4.78, 5) is 103. The van der Waals surface area contributed by atoms with Crippen molar-refractivity contribution in [1.82, 2.24) is 57.7 Å². The summed E-state index contributed by atoms with van der Waals surface area (Å²) in [6.45, 7) is 12.5. The Kier molecular flexibility index (Phi) is 17.2. The van der Waals surface area contributed by atoms with E-state index in [0.29, 0.717) is 59.9 Å². The van der Waals surface area contributed by atoms with E-state index in [1.54, 1.807) is 104 Å². The highest BCUT2D eigenvalue weighted by molar-refractivity contribution is 7.86. The molecule has 9 rings (SSSR count). The number of H-pyrrole nitrogens is 1. The van der Waals surface area contributed by atoms with Crippen LogP contribution in [-0.4, -0.2) is 79.0 Å². The molecule has 0 unspecified atom stereocenters. The standard InChI is InChI=1S/2C15H16N4O2S.C8H7N3O2.C8H13NO3S2/c2*1-9-12(22-10(2)17-9)6-8-19-14(20)13-11(5-4-7-16-13)18(3)15(19)21;1-11-5-3-2-4-9-6(5)7(12)10-8(11)13;1-6-8(13-7(2)9-6)4-5-12-14(3,10)11/h2*4-5,7H,6,8H2,1-3H3;2-4H,1H3,(H,10,12,13);4-5H2,1-3H3. The van der Waals surface area contributed by atoms with Crippen molar-refractivity contribution in [3.8, 4) is 0 Å². The van der Waals surface area contributed by atoms with Crippen molar-refractivity contribution >= 4 is 77.2 Å². The Morgan fingerprint density at radius 3 is 1.28 bits per heavy atom. The van der Waals surface area contributed by atoms with E-state index in [0.717, 1.165) is 53.0 Å². The molecule has 0 spiro atoms. The fourth-order valence-electron chi connectivity index (χ4n) is 7.38. The molecule has 0 bridgehead atoms. The number of nitrogens with zero attached hydrogens (tertiary/aromatic N) is 11. The van der Waals surface area contributed by atoms with E-state index in [2.05, 4.69) is 39.1 Å². The molecular formula is C46H52N12O9S4. The minimum atomic E-state index is -3.32. The quantitative estimate of drug-likeness (QED) is 0.191. The lowest BCUT2D eigenvalue weighted by Crippen LogP contribution is -2.39. The molecule has 25 heteroatoms. The molecule has 0 saturated heterocycles. The van der Waals surface area contributed by atoms with E-state index in [4.69, 9.17) is 0 Å². The molecule has 71 heavy (non-hydrogen) atoms. The maximum Gasteiger partial charge on any atom is 0.331 e. The number of hydrogen-bond acceptors (Lipinski definition) is 18. The Morgan fingerprint density at radius 2 is 0.915 bits per heavy atom. The van der Waals surface area contributed by atoms with Crippen LogP contribution in [0.5, 0.6) is 0 Å². The van der Waals surface area contributed by atoms with Crippen molar-refractivity contribution in [1.29, 1.82) is 0 Å². The first-order valence-corrected chi connectivity index (χ1v) is 26.1. The summed E-state index contributed by atoms with van der Waals surface area (Å²) in [6.07, 6.45) is 7.53. The summed E-state index contributed by atoms with van der Waals surface area (Å²) in [5.74, 6) is 0. The van der Waals surface area contributed by atoms with Gasteiger partial charge in [-0.25, -0.2) is 44.3 Å². The van der Waals surface area contributed by atoms with E-state index in [1.165, 1.54) is 29.0 Å². The van der Waals surface area contributed by atoms with Gasteiger partial charge in [0.1, 0.15) is 0 Å². The van der Waals surface area contributed by atoms with Gasteiger partial charge >= 0.3 is 17.1 Å². The molecule has 0 saturated carbocycles. The van der Waals surface area contributed by atoms with Crippen LogP contribution in [0.25, 0.3) is 33.1 Å². The second kappa shape index (κ2) is 22.9. The highest BCUT2D eigenvalue weighted by atomic mass is 32.2. The summed E-state index contributed by atoms with van der Waals surface area (Å²) in [5.41, 5.74) is 3.29. The summed E-state index contributed by atoms with van der Waals surface area (Å²) in [7, 11) is 1.58. The van der Waals surface area contributed by atoms with E-state index >= 15 is 0 Å². The number of hydrogen-bond donors (Lipinski definition) is 1. The number of thiazole rings is 3. The molecule has 0 aromatic carbocycles. The molecule has 0 fully saturated rings. The van der Waals surface area contributed by atoms with Gasteiger partial charge in [-0.15, -0.1) is 34.0 Å². The third-order valence-electron chi connectivity index (χ3n) is 10.9. The predicted octanol–water partition coefficient (Wildman–Crippen LogP) is 3.72. The van der Waals surface area contributed by atoms with Gasteiger partial charge in [-0.3, -0.25) is 46.4 Å². The molecule has 0 aliphatic carbocycles. The van der Waals surface area contributed by atoms with E-state index in [-0.39, 0.29) is 34.6 Å². The van der Waals surface area contributed by atoms with Crippen molar-refractivity contribution in [3.05, 3.63) is 164 Å². The monoisotopic (exact) mass is 1040 g/mol. The molecule has 1 N–H and O–H groups in total. The van der Waals surface area contributed by atoms with Crippen LogP contribution in [-0.2, 0) is 67.8 Å². The summed E-state index contributed by atoms with van der Waals surface area (Å²) >= 11 is 4.78. The third kappa shape index (κ3) is 12.9. The van der Waals surface area contributed by atoms with Gasteiger partial charge in [-0.1, -0.05) is 0 Å². The van der Waals surface area contributed by atoms with Crippen molar-refractivity contribution in [2.45, 2.75) is 73.9 Å². The molecule has 374 valence electrons. The van der Waals surface area contributed by atoms with Gasteiger partial charge in [0.2, 0.25) is 0 Å². The van der Waals surface area contributed by atoms with Gasteiger partial charge in [0.25, 0.3) is 26.8 Å². The fraction of sp³-hybridized carbons (Fsp3) is 0.348. The molecule has 21 nitrogen and oxygen atoms in total. The Morgan fingerprint density at radius 1 is 0.549 bits per heavy atom. The van der Waals surface area contributed by atoms with Gasteiger partial charge in [0.15, 0.2) is 16.6 Å². The maximum absolute atomic E-state index is 12.5. The first kappa shape index (κ1) is 53.4. The van der Waals surface area contributed by atoms with E-state index in [9.17, 15) is 37.2 Å². The van der Waals surface area contributed by atoms with Gasteiger partial charge in [0, 0.05) is 86.7 Å². The van der Waals surface area contributed by atoms with Crippen LogP contribution in [0.2, 0.25) is 0 Å². The van der Waals surface area contributed by atoms with Crippen LogP contribution >= 0.6 is 34.0 Å². The van der Waals surface area contributed by atoms with Crippen molar-refractivity contribution < 1.29 is 12.6 Å². The number of rotatable bonds is 10. The van der Waals surface area contributed by atoms with Gasteiger partial charge in [0.05, 0.1) is 61.5 Å². The average Bonchev–Trinajstić information content (AvgIpc) is 3.96. The molecular weight excluding hydrogens is 993 g/mol. The summed E-state index contributed by atoms with van der Waals surface area (Å²) < 4.78 is 32.8. The Hall–Kier alpha value is -6.93. The molecule has 9 aromatic rings. The fourth-order valence-corrected chi connectivity index (χ4v) is 10.5. The SMILES string of the molecule is Cc1nc(C)c(CCOS(C)(=O)=O)s1.Cc1nc(C)c(CCn2c(=O)c3ncccc3n(C)c2=O)s1.Cc1nc(C)c(CCn2c(=O)c3ncccc3n(C)c2=O)s1.Cn1c(=O)[nH]c(=O)c2ncccc21. The number of fused-ring (bicyclic) bond motifs is 3. The van der Waals surface area contributed by atoms with Crippen molar-refractivity contribution in [2.75, 3.05) is 12.9 Å². The number of pyridine rings is 3. The zero-order valence-electron chi connectivity index (χ0n) is 40.7. The van der Waals surface area contributed by atoms with E-state index < -0.39 is 21.4 Å². The molecule has 9 heterocycles. The zero-order chi connectivity index (χ0) is 51.9. The number of aromatic amines is 1. The highest BCUT2D eigenvalue weighted by Crippen LogP contribution is 2.20. The minimum absolute atomic E-state index is 0.196. The third-order valence-corrected chi connectivity index (χ3v) is 14.9. The first-order valence-electron chi connectivity index (χ1n) is 21.8. The van der Waals surface area contributed by atoms with Crippen molar-refractivity contribution in [2.24, 2.45) is 21.1 Å². The normalized spacial score (nSPS) is 11.2. The Bertz CT molecular complexity index is 3740. The molecule has 0 aliphatic heterocycles. The first-order chi connectivity index (χ1) is 33.6. The van der Waals surface area contributed by atoms with Gasteiger partial charge in [-0.05, 0) is 77.9 Å². The predicted molar refractivity (Wildman–Crippen MR) is 277 cm³/mol. The lowest BCUT2D eigenvalue weighted by molar-refractivity contribution is 0.326. The largest absolute Gasteiger partial charge is 0.331 e. The zero-order valence-corrected chi connectivity index (χ0v) is 43.9. The van der Waals surface area contributed by atoms with Crippen LogP contribution < -0.4 is 33.7 Å². The number of aryl methyl sites for hydroxylation is 11. The molecule has 0 aliphatic rings. The molecule has 9 aromatic heterocycles. The van der Waals surface area contributed by atoms with Crippen LogP contribution in [0.1, 0.15) is 46.7 Å². The lowest BCUT2D eigenvalue weighted by atomic mass is 10.3. The minimum Gasteiger partial charge on any atom is -0.295 e. The molecule has 0 radical (unpaired) electrons. The number of aromatic nitrogens is 12.